The predicted octanol–water partition coefficient (Wildman–Crippen LogP) is 3.75. The van der Waals surface area contributed by atoms with Gasteiger partial charge in [-0.1, -0.05) is 23.7 Å². The Labute approximate surface area is 140 Å². The molecule has 2 aromatic carbocycles. The van der Waals surface area contributed by atoms with E-state index in [-0.39, 0.29) is 11.7 Å². The molecule has 0 saturated carbocycles. The minimum absolute atomic E-state index is 0.119. The van der Waals surface area contributed by atoms with Crippen molar-refractivity contribution < 1.29 is 9.18 Å². The molecular weight excluding hydrogens is 315 g/mol. The fraction of sp³-hybridized carbons (Fsp3) is 0.278. The molecule has 1 saturated heterocycles. The van der Waals surface area contributed by atoms with Crippen LogP contribution in [0.2, 0.25) is 5.02 Å². The molecule has 1 amide bonds. The molecule has 1 fully saturated rings. The summed E-state index contributed by atoms with van der Waals surface area (Å²) in [5, 5.41) is 0.751. The van der Waals surface area contributed by atoms with Gasteiger partial charge in [-0.2, -0.15) is 0 Å². The van der Waals surface area contributed by atoms with Crippen LogP contribution in [0, 0.1) is 12.7 Å². The number of hydrogen-bond acceptors (Lipinski definition) is 2. The lowest BCUT2D eigenvalue weighted by Crippen LogP contribution is -2.49. The Balaban J connectivity index is 1.69. The van der Waals surface area contributed by atoms with E-state index < -0.39 is 0 Å². The average Bonchev–Trinajstić information content (AvgIpc) is 2.57. The van der Waals surface area contributed by atoms with Crippen molar-refractivity contribution in [1.29, 1.82) is 0 Å². The largest absolute Gasteiger partial charge is 0.368 e. The van der Waals surface area contributed by atoms with E-state index in [0.29, 0.717) is 18.7 Å². The highest BCUT2D eigenvalue weighted by atomic mass is 35.5. The quantitative estimate of drug-likeness (QED) is 0.836. The number of rotatable bonds is 2. The molecule has 0 radical (unpaired) electrons. The van der Waals surface area contributed by atoms with Gasteiger partial charge in [-0.25, -0.2) is 4.39 Å². The average molecular weight is 333 g/mol. The predicted molar refractivity (Wildman–Crippen MR) is 90.7 cm³/mol. The Morgan fingerprint density at radius 3 is 2.48 bits per heavy atom. The monoisotopic (exact) mass is 332 g/mol. The first-order valence-electron chi connectivity index (χ1n) is 7.61. The zero-order valence-corrected chi connectivity index (χ0v) is 13.7. The number of carbonyl (C=O) groups excluding carboxylic acids is 1. The van der Waals surface area contributed by atoms with Crippen LogP contribution in [0.15, 0.2) is 42.5 Å². The Morgan fingerprint density at radius 2 is 1.78 bits per heavy atom. The number of hydrogen-bond donors (Lipinski definition) is 0. The van der Waals surface area contributed by atoms with Crippen LogP contribution in [0.4, 0.5) is 10.1 Å². The molecule has 2 aromatic rings. The molecule has 0 bridgehead atoms. The molecule has 0 aromatic heterocycles. The SMILES string of the molecule is Cc1c(Cl)cccc1N1CCN(C(=O)c2cccc(F)c2)CC1. The number of amides is 1. The molecule has 23 heavy (non-hydrogen) atoms. The fourth-order valence-corrected chi connectivity index (χ4v) is 3.06. The van der Waals surface area contributed by atoms with Gasteiger partial charge in [0.15, 0.2) is 0 Å². The van der Waals surface area contributed by atoms with Gasteiger partial charge in [-0.15, -0.1) is 0 Å². The van der Waals surface area contributed by atoms with Crippen molar-refractivity contribution in [1.82, 2.24) is 4.90 Å². The van der Waals surface area contributed by atoms with Crippen LogP contribution in [0.25, 0.3) is 0 Å². The third kappa shape index (κ3) is 3.32. The minimum Gasteiger partial charge on any atom is -0.368 e. The highest BCUT2D eigenvalue weighted by Gasteiger charge is 2.23. The number of benzene rings is 2. The highest BCUT2D eigenvalue weighted by Crippen LogP contribution is 2.27. The third-order valence-electron chi connectivity index (χ3n) is 4.22. The van der Waals surface area contributed by atoms with Crippen LogP contribution in [-0.2, 0) is 0 Å². The third-order valence-corrected chi connectivity index (χ3v) is 4.63. The molecular formula is C18H18ClFN2O. The van der Waals surface area contributed by atoms with E-state index in [1.807, 2.05) is 25.1 Å². The van der Waals surface area contributed by atoms with Gasteiger partial charge in [0, 0.05) is 42.5 Å². The van der Waals surface area contributed by atoms with E-state index in [1.165, 1.54) is 12.1 Å². The summed E-state index contributed by atoms with van der Waals surface area (Å²) in [4.78, 5) is 16.4. The lowest BCUT2D eigenvalue weighted by Gasteiger charge is -2.37. The van der Waals surface area contributed by atoms with Crippen molar-refractivity contribution in [3.63, 3.8) is 0 Å². The first-order chi connectivity index (χ1) is 11.1. The normalized spacial score (nSPS) is 14.9. The first-order valence-corrected chi connectivity index (χ1v) is 7.99. The summed E-state index contributed by atoms with van der Waals surface area (Å²) in [6.07, 6.45) is 0. The summed E-state index contributed by atoms with van der Waals surface area (Å²) >= 11 is 6.18. The molecule has 0 atom stereocenters. The van der Waals surface area contributed by atoms with Crippen LogP contribution in [0.5, 0.6) is 0 Å². The molecule has 1 heterocycles. The second-order valence-corrected chi connectivity index (χ2v) is 6.08. The standard InChI is InChI=1S/C18H18ClFN2O/c1-13-16(19)6-3-7-17(13)21-8-10-22(11-9-21)18(23)14-4-2-5-15(20)12-14/h2-7,12H,8-11H2,1H3. The van der Waals surface area contributed by atoms with E-state index in [9.17, 15) is 9.18 Å². The van der Waals surface area contributed by atoms with Gasteiger partial charge < -0.3 is 9.80 Å². The molecule has 0 aliphatic carbocycles. The van der Waals surface area contributed by atoms with Crippen molar-refractivity contribution in [3.8, 4) is 0 Å². The molecule has 0 unspecified atom stereocenters. The van der Waals surface area contributed by atoms with Gasteiger partial charge in [0.05, 0.1) is 0 Å². The van der Waals surface area contributed by atoms with E-state index in [0.717, 1.165) is 29.4 Å². The van der Waals surface area contributed by atoms with Crippen LogP contribution < -0.4 is 4.90 Å². The smallest absolute Gasteiger partial charge is 0.254 e. The number of anilines is 1. The molecule has 0 N–H and O–H groups in total. The van der Waals surface area contributed by atoms with Crippen molar-refractivity contribution in [2.75, 3.05) is 31.1 Å². The summed E-state index contributed by atoms with van der Waals surface area (Å²) in [6, 6.07) is 11.7. The van der Waals surface area contributed by atoms with Crippen molar-refractivity contribution in [2.24, 2.45) is 0 Å². The maximum absolute atomic E-state index is 13.3. The van der Waals surface area contributed by atoms with Crippen molar-refractivity contribution in [3.05, 3.63) is 64.4 Å². The van der Waals surface area contributed by atoms with Crippen molar-refractivity contribution >= 4 is 23.2 Å². The lowest BCUT2D eigenvalue weighted by atomic mass is 10.1. The molecule has 0 spiro atoms. The maximum Gasteiger partial charge on any atom is 0.254 e. The number of carbonyl (C=O) groups is 1. The van der Waals surface area contributed by atoms with E-state index in [4.69, 9.17) is 11.6 Å². The summed E-state index contributed by atoms with van der Waals surface area (Å²) in [6.45, 7) is 4.70. The Kier molecular flexibility index (Phi) is 4.53. The molecule has 3 rings (SSSR count). The summed E-state index contributed by atoms with van der Waals surface area (Å²) in [7, 11) is 0. The van der Waals surface area contributed by atoms with Gasteiger partial charge in [0.2, 0.25) is 0 Å². The van der Waals surface area contributed by atoms with E-state index >= 15 is 0 Å². The van der Waals surface area contributed by atoms with Crippen LogP contribution in [-0.4, -0.2) is 37.0 Å². The van der Waals surface area contributed by atoms with Gasteiger partial charge in [0.25, 0.3) is 5.91 Å². The summed E-state index contributed by atoms with van der Waals surface area (Å²) < 4.78 is 13.3. The van der Waals surface area contributed by atoms with Crippen LogP contribution in [0.3, 0.4) is 0 Å². The second kappa shape index (κ2) is 6.59. The molecule has 1 aliphatic heterocycles. The Morgan fingerprint density at radius 1 is 1.09 bits per heavy atom. The zero-order valence-electron chi connectivity index (χ0n) is 12.9. The number of piperazine rings is 1. The summed E-state index contributed by atoms with van der Waals surface area (Å²) in [5.74, 6) is -0.504. The topological polar surface area (TPSA) is 23.6 Å². The Bertz CT molecular complexity index is 727. The van der Waals surface area contributed by atoms with Crippen LogP contribution in [0.1, 0.15) is 15.9 Å². The van der Waals surface area contributed by atoms with Crippen molar-refractivity contribution in [2.45, 2.75) is 6.92 Å². The Hall–Kier alpha value is -2.07. The maximum atomic E-state index is 13.3. The number of nitrogens with zero attached hydrogens (tertiary/aromatic N) is 2. The fourth-order valence-electron chi connectivity index (χ4n) is 2.89. The van der Waals surface area contributed by atoms with E-state index in [2.05, 4.69) is 4.90 Å². The van der Waals surface area contributed by atoms with E-state index in [1.54, 1.807) is 17.0 Å². The molecule has 5 heteroatoms. The first kappa shape index (κ1) is 15.8. The highest BCUT2D eigenvalue weighted by molar-refractivity contribution is 6.31. The molecule has 1 aliphatic rings. The molecule has 120 valence electrons. The van der Waals surface area contributed by atoms with Gasteiger partial charge in [-0.3, -0.25) is 4.79 Å². The number of halogens is 2. The van der Waals surface area contributed by atoms with Gasteiger partial charge in [-0.05, 0) is 42.8 Å². The zero-order chi connectivity index (χ0) is 16.4. The van der Waals surface area contributed by atoms with Gasteiger partial charge in [0.1, 0.15) is 5.82 Å². The lowest BCUT2D eigenvalue weighted by molar-refractivity contribution is 0.0746. The van der Waals surface area contributed by atoms with Gasteiger partial charge >= 0.3 is 0 Å². The molecule has 3 nitrogen and oxygen atoms in total. The summed E-state index contributed by atoms with van der Waals surface area (Å²) in [5.41, 5.74) is 2.56. The second-order valence-electron chi connectivity index (χ2n) is 5.67. The minimum atomic E-state index is -0.385. The van der Waals surface area contributed by atoms with Crippen LogP contribution >= 0.6 is 11.6 Å².